The second kappa shape index (κ2) is 8.40. The molecule has 3 rings (SSSR count). The number of nitrogens with one attached hydrogen (secondary N) is 1. The fourth-order valence-corrected chi connectivity index (χ4v) is 3.43. The number of halogens is 6. The number of carbonyl (C=O) groups is 1. The first kappa shape index (κ1) is 23.5. The van der Waals surface area contributed by atoms with Crippen LogP contribution in [-0.2, 0) is 23.6 Å². The van der Waals surface area contributed by atoms with Gasteiger partial charge < -0.3 is 14.8 Å². The number of H-pyrrole nitrogens is 1. The summed E-state index contributed by atoms with van der Waals surface area (Å²) in [7, 11) is 0. The highest BCUT2D eigenvalue weighted by atomic mass is 19.4. The first-order valence-corrected chi connectivity index (χ1v) is 9.63. The van der Waals surface area contributed by atoms with Crippen molar-refractivity contribution in [1.82, 2.24) is 4.98 Å². The summed E-state index contributed by atoms with van der Waals surface area (Å²) in [5, 5.41) is 9.46. The van der Waals surface area contributed by atoms with E-state index in [4.69, 9.17) is 9.84 Å². The van der Waals surface area contributed by atoms with Gasteiger partial charge in [-0.05, 0) is 53.8 Å². The molecule has 4 nitrogen and oxygen atoms in total. The third-order valence-corrected chi connectivity index (χ3v) is 5.16. The van der Waals surface area contributed by atoms with Crippen molar-refractivity contribution in [3.05, 3.63) is 58.8 Å². The molecule has 0 aliphatic carbocycles. The Bertz CT molecular complexity index is 1110. The van der Waals surface area contributed by atoms with Gasteiger partial charge in [-0.2, -0.15) is 26.3 Å². The van der Waals surface area contributed by atoms with Crippen LogP contribution in [0.3, 0.4) is 0 Å². The number of alkyl halides is 6. The number of carboxylic acids is 1. The lowest BCUT2D eigenvalue weighted by atomic mass is 9.98. The highest BCUT2D eigenvalue weighted by molar-refractivity contribution is 5.85. The van der Waals surface area contributed by atoms with Gasteiger partial charge in [0.05, 0.1) is 17.5 Å². The molecule has 10 heteroatoms. The van der Waals surface area contributed by atoms with Crippen LogP contribution in [0.5, 0.6) is 11.5 Å². The molecule has 172 valence electrons. The highest BCUT2D eigenvalue weighted by Crippen LogP contribution is 2.47. The summed E-state index contributed by atoms with van der Waals surface area (Å²) in [6.45, 7) is 3.90. The van der Waals surface area contributed by atoms with Gasteiger partial charge in [0.25, 0.3) is 0 Å². The molecular weight excluding hydrogens is 440 g/mol. The topological polar surface area (TPSA) is 62.3 Å². The van der Waals surface area contributed by atoms with Crippen LogP contribution in [0.2, 0.25) is 0 Å². The van der Waals surface area contributed by atoms with E-state index in [1.54, 1.807) is 6.20 Å². The SMILES string of the molecule is CCC(C)c1c[nH]c2ccc(Oc3c(C(F)(F)F)cc(CC(=O)O)cc3C(F)(F)F)cc12. The van der Waals surface area contributed by atoms with E-state index in [2.05, 4.69) is 4.98 Å². The quantitative estimate of drug-likeness (QED) is 0.385. The second-order valence-corrected chi connectivity index (χ2v) is 7.45. The van der Waals surface area contributed by atoms with E-state index in [0.717, 1.165) is 12.0 Å². The average Bonchev–Trinajstić information content (AvgIpc) is 3.09. The predicted molar refractivity (Wildman–Crippen MR) is 105 cm³/mol. The normalized spacial score (nSPS) is 13.4. The predicted octanol–water partition coefficient (Wildman–Crippen LogP) is 7.14. The van der Waals surface area contributed by atoms with E-state index in [-0.39, 0.29) is 11.7 Å². The molecule has 0 fully saturated rings. The summed E-state index contributed by atoms with van der Waals surface area (Å²) in [4.78, 5) is 13.9. The molecule has 0 bridgehead atoms. The first-order valence-electron chi connectivity index (χ1n) is 9.63. The lowest BCUT2D eigenvalue weighted by Gasteiger charge is -2.20. The Labute approximate surface area is 178 Å². The molecule has 2 aromatic carbocycles. The zero-order valence-electron chi connectivity index (χ0n) is 17.0. The number of rotatable bonds is 6. The fraction of sp³-hybridized carbons (Fsp3) is 0.318. The van der Waals surface area contributed by atoms with Crippen LogP contribution in [0.1, 0.15) is 48.4 Å². The zero-order chi connectivity index (χ0) is 23.8. The highest BCUT2D eigenvalue weighted by Gasteiger charge is 2.43. The Kier molecular flexibility index (Phi) is 6.17. The summed E-state index contributed by atoms with van der Waals surface area (Å²) < 4.78 is 87.1. The molecule has 1 aromatic heterocycles. The summed E-state index contributed by atoms with van der Waals surface area (Å²) >= 11 is 0. The monoisotopic (exact) mass is 459 g/mol. The Balaban J connectivity index is 2.19. The van der Waals surface area contributed by atoms with Crippen molar-refractivity contribution in [2.24, 2.45) is 0 Å². The number of hydrogen-bond acceptors (Lipinski definition) is 2. The smallest absolute Gasteiger partial charge is 0.420 e. The maximum Gasteiger partial charge on any atom is 0.420 e. The molecule has 2 N–H and O–H groups in total. The molecule has 1 heterocycles. The van der Waals surface area contributed by atoms with Gasteiger partial charge in [0.15, 0.2) is 5.75 Å². The number of hydrogen-bond donors (Lipinski definition) is 2. The minimum atomic E-state index is -5.20. The second-order valence-electron chi connectivity index (χ2n) is 7.45. The lowest BCUT2D eigenvalue weighted by Crippen LogP contribution is -2.16. The summed E-state index contributed by atoms with van der Waals surface area (Å²) in [6.07, 6.45) is -8.89. The molecule has 3 aromatic rings. The number of fused-ring (bicyclic) bond motifs is 1. The molecule has 0 saturated carbocycles. The molecule has 0 aliphatic heterocycles. The van der Waals surface area contributed by atoms with Crippen LogP contribution in [0.25, 0.3) is 10.9 Å². The maximum absolute atomic E-state index is 13.7. The van der Waals surface area contributed by atoms with Gasteiger partial charge in [0.2, 0.25) is 0 Å². The van der Waals surface area contributed by atoms with E-state index in [1.165, 1.54) is 18.2 Å². The minimum absolute atomic E-state index is 0.103. The number of ether oxygens (including phenoxy) is 1. The van der Waals surface area contributed by atoms with E-state index >= 15 is 0 Å². The fourth-order valence-electron chi connectivity index (χ4n) is 3.43. The van der Waals surface area contributed by atoms with Crippen LogP contribution in [-0.4, -0.2) is 16.1 Å². The number of carboxylic acid groups (broad SMARTS) is 1. The van der Waals surface area contributed by atoms with Gasteiger partial charge in [0, 0.05) is 17.1 Å². The third kappa shape index (κ3) is 4.84. The van der Waals surface area contributed by atoms with Crippen LogP contribution in [0.15, 0.2) is 36.5 Å². The van der Waals surface area contributed by atoms with Gasteiger partial charge in [-0.15, -0.1) is 0 Å². The Morgan fingerprint density at radius 3 is 2.16 bits per heavy atom. The van der Waals surface area contributed by atoms with Crippen LogP contribution in [0.4, 0.5) is 26.3 Å². The molecule has 0 amide bonds. The van der Waals surface area contributed by atoms with Crippen LogP contribution >= 0.6 is 0 Å². The molecule has 0 spiro atoms. The van der Waals surface area contributed by atoms with Crippen LogP contribution < -0.4 is 4.74 Å². The van der Waals surface area contributed by atoms with Crippen molar-refractivity contribution < 1.29 is 41.0 Å². The largest absolute Gasteiger partial charge is 0.481 e. The van der Waals surface area contributed by atoms with E-state index in [1.807, 2.05) is 13.8 Å². The van der Waals surface area contributed by atoms with E-state index < -0.39 is 47.2 Å². The summed E-state index contributed by atoms with van der Waals surface area (Å²) in [6, 6.07) is 4.91. The minimum Gasteiger partial charge on any atom is -0.481 e. The van der Waals surface area contributed by atoms with Crippen molar-refractivity contribution in [3.8, 4) is 11.5 Å². The van der Waals surface area contributed by atoms with Crippen molar-refractivity contribution in [1.29, 1.82) is 0 Å². The number of aliphatic carboxylic acids is 1. The number of aromatic amines is 1. The van der Waals surface area contributed by atoms with Crippen LogP contribution in [0, 0.1) is 0 Å². The standard InChI is InChI=1S/C22H19F6NO3/c1-3-11(2)15-10-29-18-5-4-13(9-14(15)18)32-20-16(21(23,24)25)6-12(8-19(30)31)7-17(20)22(26,27)28/h4-7,9-11,29H,3,8H2,1-2H3,(H,30,31). The van der Waals surface area contributed by atoms with E-state index in [9.17, 15) is 31.1 Å². The number of benzene rings is 2. The van der Waals surface area contributed by atoms with Crippen molar-refractivity contribution in [2.75, 3.05) is 0 Å². The van der Waals surface area contributed by atoms with Gasteiger partial charge in [-0.3, -0.25) is 4.79 Å². The maximum atomic E-state index is 13.7. The van der Waals surface area contributed by atoms with Crippen molar-refractivity contribution in [2.45, 2.75) is 45.0 Å². The Hall–Kier alpha value is -3.17. The molecule has 1 atom stereocenters. The van der Waals surface area contributed by atoms with E-state index in [0.29, 0.717) is 23.0 Å². The first-order chi connectivity index (χ1) is 14.8. The van der Waals surface area contributed by atoms with Crippen molar-refractivity contribution >= 4 is 16.9 Å². The lowest BCUT2D eigenvalue weighted by molar-refractivity contribution is -0.145. The molecule has 0 saturated heterocycles. The third-order valence-electron chi connectivity index (χ3n) is 5.16. The molecule has 0 aliphatic rings. The van der Waals surface area contributed by atoms with Gasteiger partial charge in [0.1, 0.15) is 5.75 Å². The number of aromatic nitrogens is 1. The average molecular weight is 459 g/mol. The molecule has 32 heavy (non-hydrogen) atoms. The molecule has 0 radical (unpaired) electrons. The molecular formula is C22H19F6NO3. The zero-order valence-corrected chi connectivity index (χ0v) is 17.0. The summed E-state index contributed by atoms with van der Waals surface area (Å²) in [5.41, 5.74) is -2.50. The summed E-state index contributed by atoms with van der Waals surface area (Å²) in [5.74, 6) is -3.08. The van der Waals surface area contributed by atoms with Gasteiger partial charge in [-0.25, -0.2) is 0 Å². The molecule has 1 unspecified atom stereocenters. The van der Waals surface area contributed by atoms with Gasteiger partial charge in [-0.1, -0.05) is 13.8 Å². The van der Waals surface area contributed by atoms with Gasteiger partial charge >= 0.3 is 18.3 Å². The Morgan fingerprint density at radius 2 is 1.66 bits per heavy atom. The Morgan fingerprint density at radius 1 is 1.06 bits per heavy atom. The van der Waals surface area contributed by atoms with Crippen molar-refractivity contribution in [3.63, 3.8) is 0 Å².